The van der Waals surface area contributed by atoms with E-state index in [1.54, 1.807) is 18.2 Å². The molecule has 0 amide bonds. The number of hydrogen-bond acceptors (Lipinski definition) is 4. The maximum atomic E-state index is 12.5. The van der Waals surface area contributed by atoms with E-state index in [9.17, 15) is 8.42 Å². The predicted octanol–water partition coefficient (Wildman–Crippen LogP) is 1.86. The van der Waals surface area contributed by atoms with Gasteiger partial charge in [-0.1, -0.05) is 22.4 Å². The second-order valence-corrected chi connectivity index (χ2v) is 7.55. The van der Waals surface area contributed by atoms with E-state index in [2.05, 4.69) is 20.7 Å². The molecule has 0 aromatic heterocycles. The number of halogens is 1. The SMILES string of the molecule is COc1ccc(Br)cc1S(=O)(=O)NC1CCCC1CN. The molecular formula is C13H19BrN2O3S. The zero-order valence-corrected chi connectivity index (χ0v) is 13.7. The minimum atomic E-state index is -3.61. The Balaban J connectivity index is 2.28. The summed E-state index contributed by atoms with van der Waals surface area (Å²) in [5, 5.41) is 0. The Labute approximate surface area is 128 Å². The standard InChI is InChI=1S/C13H19BrN2O3S/c1-19-12-6-5-10(14)7-13(12)20(17,18)16-11-4-2-3-9(11)8-15/h5-7,9,11,16H,2-4,8,15H2,1H3. The average Bonchev–Trinajstić information content (AvgIpc) is 2.85. The summed E-state index contributed by atoms with van der Waals surface area (Å²) in [6.45, 7) is 0.503. The van der Waals surface area contributed by atoms with Crippen molar-refractivity contribution in [2.45, 2.75) is 30.2 Å². The first-order valence-corrected chi connectivity index (χ1v) is 8.81. The Morgan fingerprint density at radius 3 is 2.85 bits per heavy atom. The van der Waals surface area contributed by atoms with Crippen LogP contribution in [0.1, 0.15) is 19.3 Å². The summed E-state index contributed by atoms with van der Waals surface area (Å²) in [6, 6.07) is 4.84. The monoisotopic (exact) mass is 362 g/mol. The lowest BCUT2D eigenvalue weighted by Gasteiger charge is -2.20. The number of rotatable bonds is 5. The Kier molecular flexibility index (Phi) is 5.06. The summed E-state index contributed by atoms with van der Waals surface area (Å²) in [7, 11) is -2.15. The first-order chi connectivity index (χ1) is 9.47. The fraction of sp³-hybridized carbons (Fsp3) is 0.538. The predicted molar refractivity (Wildman–Crippen MR) is 81.2 cm³/mol. The molecule has 3 N–H and O–H groups in total. The van der Waals surface area contributed by atoms with Crippen LogP contribution in [0.4, 0.5) is 0 Å². The van der Waals surface area contributed by atoms with Gasteiger partial charge in [-0.2, -0.15) is 0 Å². The van der Waals surface area contributed by atoms with Gasteiger partial charge in [0.25, 0.3) is 0 Å². The molecule has 20 heavy (non-hydrogen) atoms. The lowest BCUT2D eigenvalue weighted by Crippen LogP contribution is -2.39. The zero-order valence-electron chi connectivity index (χ0n) is 11.3. The van der Waals surface area contributed by atoms with Gasteiger partial charge in [0.2, 0.25) is 10.0 Å². The van der Waals surface area contributed by atoms with E-state index in [4.69, 9.17) is 10.5 Å². The van der Waals surface area contributed by atoms with Gasteiger partial charge in [0.15, 0.2) is 0 Å². The van der Waals surface area contributed by atoms with Crippen LogP contribution < -0.4 is 15.2 Å². The van der Waals surface area contributed by atoms with Crippen LogP contribution in [0.15, 0.2) is 27.6 Å². The Hall–Kier alpha value is -0.630. The molecule has 1 saturated carbocycles. The van der Waals surface area contributed by atoms with Crippen LogP contribution in [-0.2, 0) is 10.0 Å². The Morgan fingerprint density at radius 1 is 1.45 bits per heavy atom. The summed E-state index contributed by atoms with van der Waals surface area (Å²) < 4.78 is 33.7. The molecule has 1 aliphatic carbocycles. The van der Waals surface area contributed by atoms with Crippen LogP contribution in [-0.4, -0.2) is 28.1 Å². The number of nitrogens with one attached hydrogen (secondary N) is 1. The average molecular weight is 363 g/mol. The highest BCUT2D eigenvalue weighted by Crippen LogP contribution is 2.30. The van der Waals surface area contributed by atoms with Crippen molar-refractivity contribution in [1.29, 1.82) is 0 Å². The molecule has 0 saturated heterocycles. The third-order valence-electron chi connectivity index (χ3n) is 3.68. The van der Waals surface area contributed by atoms with Gasteiger partial charge in [0.05, 0.1) is 7.11 Å². The molecular weight excluding hydrogens is 344 g/mol. The lowest BCUT2D eigenvalue weighted by atomic mass is 10.1. The van der Waals surface area contributed by atoms with Gasteiger partial charge in [-0.25, -0.2) is 13.1 Å². The van der Waals surface area contributed by atoms with Crippen molar-refractivity contribution >= 4 is 26.0 Å². The van der Waals surface area contributed by atoms with Crippen LogP contribution in [0, 0.1) is 5.92 Å². The van der Waals surface area contributed by atoms with Gasteiger partial charge < -0.3 is 10.5 Å². The lowest BCUT2D eigenvalue weighted by molar-refractivity contribution is 0.400. The quantitative estimate of drug-likeness (QED) is 0.837. The summed E-state index contributed by atoms with van der Waals surface area (Å²) >= 11 is 3.29. The molecule has 5 nitrogen and oxygen atoms in total. The Morgan fingerprint density at radius 2 is 2.20 bits per heavy atom. The van der Waals surface area contributed by atoms with Crippen molar-refractivity contribution in [3.8, 4) is 5.75 Å². The van der Waals surface area contributed by atoms with Crippen molar-refractivity contribution in [3.63, 3.8) is 0 Å². The molecule has 1 aliphatic rings. The molecule has 1 fully saturated rings. The molecule has 1 aromatic carbocycles. The number of nitrogens with two attached hydrogens (primary N) is 1. The summed E-state index contributed by atoms with van der Waals surface area (Å²) in [5.74, 6) is 0.547. The summed E-state index contributed by atoms with van der Waals surface area (Å²) in [6.07, 6.45) is 2.81. The van der Waals surface area contributed by atoms with Crippen molar-refractivity contribution in [1.82, 2.24) is 4.72 Å². The van der Waals surface area contributed by atoms with E-state index in [-0.39, 0.29) is 16.9 Å². The molecule has 0 bridgehead atoms. The fourth-order valence-corrected chi connectivity index (χ4v) is 4.64. The Bertz CT molecular complexity index is 577. The van der Waals surface area contributed by atoms with Crippen molar-refractivity contribution in [3.05, 3.63) is 22.7 Å². The van der Waals surface area contributed by atoms with Crippen LogP contribution in [0.3, 0.4) is 0 Å². The van der Waals surface area contributed by atoms with Crippen LogP contribution in [0.5, 0.6) is 5.75 Å². The van der Waals surface area contributed by atoms with Crippen molar-refractivity contribution in [2.24, 2.45) is 11.7 Å². The third-order valence-corrected chi connectivity index (χ3v) is 5.69. The highest BCUT2D eigenvalue weighted by atomic mass is 79.9. The number of benzene rings is 1. The van der Waals surface area contributed by atoms with Gasteiger partial charge in [0, 0.05) is 10.5 Å². The molecule has 1 aromatic rings. The molecule has 7 heteroatoms. The second kappa shape index (κ2) is 6.43. The second-order valence-electron chi connectivity index (χ2n) is 4.95. The fourth-order valence-electron chi connectivity index (χ4n) is 2.60. The van der Waals surface area contributed by atoms with Crippen molar-refractivity contribution in [2.75, 3.05) is 13.7 Å². The summed E-state index contributed by atoms with van der Waals surface area (Å²) in [5.41, 5.74) is 5.69. The minimum absolute atomic E-state index is 0.0892. The number of sulfonamides is 1. The van der Waals surface area contributed by atoms with Crippen LogP contribution in [0.2, 0.25) is 0 Å². The minimum Gasteiger partial charge on any atom is -0.495 e. The normalized spacial score (nSPS) is 22.9. The molecule has 2 rings (SSSR count). The van der Waals surface area contributed by atoms with E-state index in [0.717, 1.165) is 19.3 Å². The summed E-state index contributed by atoms with van der Waals surface area (Å²) in [4.78, 5) is 0.150. The van der Waals surface area contributed by atoms with Crippen molar-refractivity contribution < 1.29 is 13.2 Å². The molecule has 2 atom stereocenters. The highest BCUT2D eigenvalue weighted by Gasteiger charge is 2.31. The molecule has 0 heterocycles. The van der Waals surface area contributed by atoms with E-state index in [1.165, 1.54) is 7.11 Å². The van der Waals surface area contributed by atoms with Gasteiger partial charge in [-0.15, -0.1) is 0 Å². The smallest absolute Gasteiger partial charge is 0.244 e. The number of hydrogen-bond donors (Lipinski definition) is 2. The third kappa shape index (κ3) is 3.33. The van der Waals surface area contributed by atoms with Gasteiger partial charge in [-0.05, 0) is 43.5 Å². The van der Waals surface area contributed by atoms with E-state index < -0.39 is 10.0 Å². The van der Waals surface area contributed by atoms with Crippen LogP contribution >= 0.6 is 15.9 Å². The maximum absolute atomic E-state index is 12.5. The number of ether oxygens (including phenoxy) is 1. The molecule has 0 spiro atoms. The van der Waals surface area contributed by atoms with E-state index in [0.29, 0.717) is 16.8 Å². The topological polar surface area (TPSA) is 81.4 Å². The van der Waals surface area contributed by atoms with E-state index >= 15 is 0 Å². The molecule has 0 aliphatic heterocycles. The first-order valence-electron chi connectivity index (χ1n) is 6.54. The van der Waals surface area contributed by atoms with Gasteiger partial charge in [-0.3, -0.25) is 0 Å². The molecule has 0 radical (unpaired) electrons. The number of methoxy groups -OCH3 is 1. The van der Waals surface area contributed by atoms with Gasteiger partial charge >= 0.3 is 0 Å². The van der Waals surface area contributed by atoms with Crippen LogP contribution in [0.25, 0.3) is 0 Å². The highest BCUT2D eigenvalue weighted by molar-refractivity contribution is 9.10. The molecule has 2 unspecified atom stereocenters. The largest absolute Gasteiger partial charge is 0.495 e. The first kappa shape index (κ1) is 15.8. The van der Waals surface area contributed by atoms with Gasteiger partial charge in [0.1, 0.15) is 10.6 Å². The van der Waals surface area contributed by atoms with E-state index in [1.807, 2.05) is 0 Å². The zero-order chi connectivity index (χ0) is 14.8. The maximum Gasteiger partial charge on any atom is 0.244 e. The molecule has 112 valence electrons.